The van der Waals surface area contributed by atoms with Gasteiger partial charge in [0.1, 0.15) is 5.38 Å². The lowest BCUT2D eigenvalue weighted by molar-refractivity contribution is -0.137. The third-order valence-electron chi connectivity index (χ3n) is 2.14. The molecule has 2 N–H and O–H groups in total. The van der Waals surface area contributed by atoms with Gasteiger partial charge in [0, 0.05) is 0 Å². The smallest absolute Gasteiger partial charge is 0.306 e. The molecule has 0 aliphatic heterocycles. The van der Waals surface area contributed by atoms with Crippen molar-refractivity contribution in [1.29, 1.82) is 0 Å². The van der Waals surface area contributed by atoms with Crippen LogP contribution in [0.4, 0.5) is 23.7 Å². The quantitative estimate of drug-likeness (QED) is 0.814. The number of hydrogen-bond acceptors (Lipinski definition) is 2. The molecule has 1 atom stereocenters. The molecule has 0 spiro atoms. The fourth-order valence-corrected chi connectivity index (χ4v) is 1.44. The van der Waals surface area contributed by atoms with Gasteiger partial charge in [-0.25, -0.2) is 4.79 Å². The molecular weight excluding hydrogens is 320 g/mol. The standard InChI is InChI=1S/C11H9Cl2F3N2O2/c1-5(12)9(19)18-10(20)17-8-3-2-6(4-7(8)13)11(14,15)16/h2-5H,1H3,(H2,17,18,19,20). The van der Waals surface area contributed by atoms with Crippen LogP contribution in [0, 0.1) is 0 Å². The minimum Gasteiger partial charge on any atom is -0.306 e. The Balaban J connectivity index is 2.79. The Morgan fingerprint density at radius 1 is 1.30 bits per heavy atom. The summed E-state index contributed by atoms with van der Waals surface area (Å²) in [7, 11) is 0. The van der Waals surface area contributed by atoms with Crippen LogP contribution in [0.2, 0.25) is 5.02 Å². The number of anilines is 1. The van der Waals surface area contributed by atoms with Gasteiger partial charge in [-0.1, -0.05) is 11.6 Å². The number of urea groups is 1. The number of alkyl halides is 4. The predicted octanol–water partition coefficient (Wildman–Crippen LogP) is 3.63. The van der Waals surface area contributed by atoms with E-state index < -0.39 is 29.1 Å². The van der Waals surface area contributed by atoms with E-state index in [1.807, 2.05) is 5.32 Å². The lowest BCUT2D eigenvalue weighted by atomic mass is 10.2. The third-order valence-corrected chi connectivity index (χ3v) is 2.65. The zero-order valence-corrected chi connectivity index (χ0v) is 11.5. The number of halogens is 5. The molecule has 0 saturated carbocycles. The van der Waals surface area contributed by atoms with Crippen LogP contribution in [0.25, 0.3) is 0 Å². The summed E-state index contributed by atoms with van der Waals surface area (Å²) in [6.45, 7) is 1.36. The Hall–Kier alpha value is -1.47. The average molecular weight is 329 g/mol. The number of imide groups is 1. The second kappa shape index (κ2) is 6.32. The van der Waals surface area contributed by atoms with Crippen molar-refractivity contribution in [3.05, 3.63) is 28.8 Å². The monoisotopic (exact) mass is 328 g/mol. The van der Waals surface area contributed by atoms with Crippen molar-refractivity contribution in [2.24, 2.45) is 0 Å². The van der Waals surface area contributed by atoms with E-state index in [0.717, 1.165) is 12.1 Å². The molecule has 0 aliphatic carbocycles. The van der Waals surface area contributed by atoms with E-state index >= 15 is 0 Å². The molecule has 1 unspecified atom stereocenters. The largest absolute Gasteiger partial charge is 0.416 e. The van der Waals surface area contributed by atoms with Crippen LogP contribution in [-0.2, 0) is 11.0 Å². The summed E-state index contributed by atoms with van der Waals surface area (Å²) in [5.74, 6) is -0.743. The summed E-state index contributed by atoms with van der Waals surface area (Å²) in [4.78, 5) is 22.5. The zero-order valence-electron chi connectivity index (χ0n) is 10.0. The van der Waals surface area contributed by atoms with E-state index in [4.69, 9.17) is 23.2 Å². The lowest BCUT2D eigenvalue weighted by Gasteiger charge is -2.11. The SMILES string of the molecule is CC(Cl)C(=O)NC(=O)Nc1ccc(C(F)(F)F)cc1Cl. The first-order valence-electron chi connectivity index (χ1n) is 5.24. The molecule has 9 heteroatoms. The average Bonchev–Trinajstić information content (AvgIpc) is 2.30. The van der Waals surface area contributed by atoms with Gasteiger partial charge >= 0.3 is 12.2 Å². The molecule has 4 nitrogen and oxygen atoms in total. The number of carbonyl (C=O) groups is 2. The van der Waals surface area contributed by atoms with Gasteiger partial charge in [0.25, 0.3) is 0 Å². The van der Waals surface area contributed by atoms with E-state index in [1.54, 1.807) is 0 Å². The van der Waals surface area contributed by atoms with Crippen molar-refractivity contribution in [3.63, 3.8) is 0 Å². The zero-order chi connectivity index (χ0) is 15.5. The molecule has 20 heavy (non-hydrogen) atoms. The Kier molecular flexibility index (Phi) is 5.24. The van der Waals surface area contributed by atoms with Crippen LogP contribution >= 0.6 is 23.2 Å². The molecule has 110 valence electrons. The number of hydrogen-bond donors (Lipinski definition) is 2. The maximum atomic E-state index is 12.4. The molecule has 3 amide bonds. The number of amides is 3. The molecule has 0 aromatic heterocycles. The summed E-state index contributed by atoms with van der Waals surface area (Å²) >= 11 is 11.1. The summed E-state index contributed by atoms with van der Waals surface area (Å²) in [6.07, 6.45) is -4.53. The number of benzene rings is 1. The van der Waals surface area contributed by atoms with Crippen molar-refractivity contribution < 1.29 is 22.8 Å². The Morgan fingerprint density at radius 2 is 1.90 bits per heavy atom. The van der Waals surface area contributed by atoms with Gasteiger partial charge in [0.15, 0.2) is 0 Å². The van der Waals surface area contributed by atoms with Gasteiger partial charge < -0.3 is 5.32 Å². The van der Waals surface area contributed by atoms with E-state index in [0.29, 0.717) is 6.07 Å². The van der Waals surface area contributed by atoms with Crippen LogP contribution in [0.1, 0.15) is 12.5 Å². The molecule has 1 rings (SSSR count). The second-order valence-corrected chi connectivity index (χ2v) is 4.81. The highest BCUT2D eigenvalue weighted by Crippen LogP contribution is 2.33. The van der Waals surface area contributed by atoms with Crippen LogP contribution < -0.4 is 10.6 Å². The van der Waals surface area contributed by atoms with Gasteiger partial charge in [0.2, 0.25) is 5.91 Å². The Morgan fingerprint density at radius 3 is 2.35 bits per heavy atom. The van der Waals surface area contributed by atoms with Crippen molar-refractivity contribution in [2.75, 3.05) is 5.32 Å². The first kappa shape index (κ1) is 16.6. The molecule has 0 saturated heterocycles. The van der Waals surface area contributed by atoms with E-state index in [1.165, 1.54) is 6.92 Å². The molecular formula is C11H9Cl2F3N2O2. The van der Waals surface area contributed by atoms with Crippen molar-refractivity contribution in [2.45, 2.75) is 18.5 Å². The first-order valence-corrected chi connectivity index (χ1v) is 6.05. The van der Waals surface area contributed by atoms with Crippen LogP contribution in [0.15, 0.2) is 18.2 Å². The van der Waals surface area contributed by atoms with Crippen LogP contribution in [0.5, 0.6) is 0 Å². The normalized spacial score (nSPS) is 12.7. The molecule has 1 aromatic rings. The fourth-order valence-electron chi connectivity index (χ4n) is 1.16. The minimum absolute atomic E-state index is 0.0628. The third kappa shape index (κ3) is 4.57. The summed E-state index contributed by atoms with van der Waals surface area (Å²) < 4.78 is 37.2. The van der Waals surface area contributed by atoms with Crippen molar-refractivity contribution in [1.82, 2.24) is 5.32 Å². The number of nitrogens with one attached hydrogen (secondary N) is 2. The van der Waals surface area contributed by atoms with E-state index in [9.17, 15) is 22.8 Å². The van der Waals surface area contributed by atoms with Crippen LogP contribution in [-0.4, -0.2) is 17.3 Å². The van der Waals surface area contributed by atoms with Crippen molar-refractivity contribution >= 4 is 40.8 Å². The molecule has 1 aromatic carbocycles. The maximum Gasteiger partial charge on any atom is 0.416 e. The van der Waals surface area contributed by atoms with E-state index in [-0.39, 0.29) is 10.7 Å². The molecule has 0 bridgehead atoms. The Labute approximate surface area is 122 Å². The van der Waals surface area contributed by atoms with Gasteiger partial charge in [-0.3, -0.25) is 10.1 Å². The predicted molar refractivity (Wildman–Crippen MR) is 68.9 cm³/mol. The minimum atomic E-state index is -4.53. The first-order chi connectivity index (χ1) is 9.11. The fraction of sp³-hybridized carbons (Fsp3) is 0.273. The highest BCUT2D eigenvalue weighted by molar-refractivity contribution is 6.34. The second-order valence-electron chi connectivity index (χ2n) is 3.75. The van der Waals surface area contributed by atoms with Gasteiger partial charge in [-0.05, 0) is 25.1 Å². The molecule has 0 heterocycles. The molecule has 0 aliphatic rings. The molecule has 0 radical (unpaired) electrons. The van der Waals surface area contributed by atoms with Gasteiger partial charge in [-0.2, -0.15) is 13.2 Å². The van der Waals surface area contributed by atoms with Gasteiger partial charge in [0.05, 0.1) is 16.3 Å². The van der Waals surface area contributed by atoms with Crippen LogP contribution in [0.3, 0.4) is 0 Å². The number of rotatable bonds is 2. The highest BCUT2D eigenvalue weighted by Gasteiger charge is 2.31. The van der Waals surface area contributed by atoms with E-state index in [2.05, 4.69) is 5.32 Å². The Bertz CT molecular complexity index is 533. The summed E-state index contributed by atoms with van der Waals surface area (Å²) in [6, 6.07) is 1.47. The summed E-state index contributed by atoms with van der Waals surface area (Å²) in [5, 5.41) is 2.81. The maximum absolute atomic E-state index is 12.4. The topological polar surface area (TPSA) is 58.2 Å². The summed E-state index contributed by atoms with van der Waals surface area (Å²) in [5.41, 5.74) is -1.01. The van der Waals surface area contributed by atoms with Crippen molar-refractivity contribution in [3.8, 4) is 0 Å². The van der Waals surface area contributed by atoms with Gasteiger partial charge in [-0.15, -0.1) is 11.6 Å². The highest BCUT2D eigenvalue weighted by atomic mass is 35.5. The molecule has 0 fully saturated rings. The number of carbonyl (C=O) groups excluding carboxylic acids is 2. The lowest BCUT2D eigenvalue weighted by Crippen LogP contribution is -2.38.